The van der Waals surface area contributed by atoms with E-state index in [0.29, 0.717) is 44.3 Å². The summed E-state index contributed by atoms with van der Waals surface area (Å²) in [5.41, 5.74) is 11.2. The molecule has 1 aliphatic heterocycles. The Kier molecular flexibility index (Phi) is 14.4. The van der Waals surface area contributed by atoms with E-state index in [0.717, 1.165) is 0 Å². The van der Waals surface area contributed by atoms with Crippen molar-refractivity contribution in [2.75, 3.05) is 13.1 Å². The van der Waals surface area contributed by atoms with Crippen molar-refractivity contribution in [3.8, 4) is 5.75 Å². The monoisotopic (exact) mass is 660 g/mol. The molecule has 4 amide bonds. The summed E-state index contributed by atoms with van der Waals surface area (Å²) in [5, 5.41) is 37.3. The minimum atomic E-state index is -1.19. The Labute approximate surface area is 276 Å². The summed E-state index contributed by atoms with van der Waals surface area (Å²) in [7, 11) is 0. The Bertz CT molecular complexity index is 1260. The summed E-state index contributed by atoms with van der Waals surface area (Å²) in [5.74, 6) is -3.67. The van der Waals surface area contributed by atoms with Crippen molar-refractivity contribution >= 4 is 35.6 Å². The average molecular weight is 661 g/mol. The number of nitrogens with two attached hydrogens (primary N) is 2. The van der Waals surface area contributed by atoms with Gasteiger partial charge in [0.25, 0.3) is 0 Å². The number of aliphatic carboxylic acids is 1. The minimum absolute atomic E-state index is 0.00473. The van der Waals surface area contributed by atoms with E-state index in [9.17, 15) is 34.2 Å². The number of guanidine groups is 1. The molecule has 1 aliphatic rings. The molecule has 5 atom stereocenters. The number of carboxylic acid groups (broad SMARTS) is 1. The Hall–Kier alpha value is -4.40. The van der Waals surface area contributed by atoms with Gasteiger partial charge < -0.3 is 47.8 Å². The summed E-state index contributed by atoms with van der Waals surface area (Å²) in [6.07, 6.45) is 1.92. The predicted octanol–water partition coefficient (Wildman–Crippen LogP) is 0.147. The molecular weight excluding hydrogens is 608 g/mol. The van der Waals surface area contributed by atoms with E-state index >= 15 is 0 Å². The standard InChI is InChI=1S/C32H52N8O7/c1-18(2)16-23(30(46)47)38-28(44)25(32(3,4)5)39-26(42)22(17-19-10-12-20(41)13-11-19)37-27(43)24-9-7-15-40(24)29(45)21(33)8-6-14-36-31(34)35/h10-13,18,21-25,41H,6-9,14-17,33H2,1-5H3,(H,37,43)(H,38,44)(H,39,42)(H,46,47)(H4,34,35,36)/t21-,22-,23-,24-,25+/m0/s1. The van der Waals surface area contributed by atoms with Gasteiger partial charge in [-0.25, -0.2) is 4.79 Å². The highest BCUT2D eigenvalue weighted by atomic mass is 16.4. The summed E-state index contributed by atoms with van der Waals surface area (Å²) in [6.45, 7) is 9.54. The fourth-order valence-corrected chi connectivity index (χ4v) is 5.40. The lowest BCUT2D eigenvalue weighted by Gasteiger charge is -2.33. The highest BCUT2D eigenvalue weighted by Gasteiger charge is 2.40. The van der Waals surface area contributed by atoms with Crippen LogP contribution in [-0.4, -0.2) is 94.0 Å². The van der Waals surface area contributed by atoms with Crippen molar-refractivity contribution < 1.29 is 34.2 Å². The number of nitrogens with zero attached hydrogens (tertiary/aromatic N) is 1. The molecule has 0 spiro atoms. The number of hydrogen-bond donors (Lipinski definition) is 9. The molecule has 262 valence electrons. The summed E-state index contributed by atoms with van der Waals surface area (Å²) < 4.78 is 0. The molecule has 15 heteroatoms. The molecule has 47 heavy (non-hydrogen) atoms. The van der Waals surface area contributed by atoms with Gasteiger partial charge in [-0.1, -0.05) is 46.8 Å². The van der Waals surface area contributed by atoms with Crippen LogP contribution >= 0.6 is 0 Å². The number of phenols is 1. The third-order valence-electron chi connectivity index (χ3n) is 7.91. The van der Waals surface area contributed by atoms with Gasteiger partial charge in [0.1, 0.15) is 29.9 Å². The van der Waals surface area contributed by atoms with Crippen molar-refractivity contribution in [2.24, 2.45) is 22.8 Å². The highest BCUT2D eigenvalue weighted by molar-refractivity contribution is 5.96. The van der Waals surface area contributed by atoms with Gasteiger partial charge in [-0.15, -0.1) is 0 Å². The molecule has 1 saturated heterocycles. The number of carbonyl (C=O) groups excluding carboxylic acids is 4. The summed E-state index contributed by atoms with van der Waals surface area (Å²) in [6, 6.07) is 0.876. The van der Waals surface area contributed by atoms with Crippen LogP contribution in [0.5, 0.6) is 5.75 Å². The molecule has 0 unspecified atom stereocenters. The fourth-order valence-electron chi connectivity index (χ4n) is 5.40. The zero-order valence-corrected chi connectivity index (χ0v) is 28.0. The lowest BCUT2D eigenvalue weighted by Crippen LogP contribution is -2.61. The number of phenolic OH excluding ortho intramolecular Hbond substituents is 1. The third kappa shape index (κ3) is 12.4. The second-order valence-corrected chi connectivity index (χ2v) is 13.5. The molecule has 1 fully saturated rings. The number of likely N-dealkylation sites (tertiary alicyclic amines) is 1. The number of carboxylic acids is 1. The number of carbonyl (C=O) groups is 5. The Morgan fingerprint density at radius 1 is 1.02 bits per heavy atom. The van der Waals surface area contributed by atoms with Gasteiger partial charge in [0.2, 0.25) is 23.6 Å². The Morgan fingerprint density at radius 2 is 1.66 bits per heavy atom. The van der Waals surface area contributed by atoms with E-state index in [1.54, 1.807) is 32.9 Å². The molecular formula is C32H52N8O7. The molecule has 15 nitrogen and oxygen atoms in total. The number of benzene rings is 1. The van der Waals surface area contributed by atoms with Crippen LogP contribution < -0.4 is 32.7 Å². The first-order valence-corrected chi connectivity index (χ1v) is 16.0. The van der Waals surface area contributed by atoms with Gasteiger partial charge in [-0.05, 0) is 61.1 Å². The average Bonchev–Trinajstić information content (AvgIpc) is 3.47. The van der Waals surface area contributed by atoms with E-state index in [1.165, 1.54) is 17.0 Å². The van der Waals surface area contributed by atoms with Gasteiger partial charge in [-0.2, -0.15) is 0 Å². The first-order chi connectivity index (χ1) is 21.9. The minimum Gasteiger partial charge on any atom is -0.508 e. The number of rotatable bonds is 16. The molecule has 0 saturated carbocycles. The lowest BCUT2D eigenvalue weighted by molar-refractivity contribution is -0.143. The smallest absolute Gasteiger partial charge is 0.326 e. The van der Waals surface area contributed by atoms with Crippen LogP contribution in [-0.2, 0) is 30.4 Å². The van der Waals surface area contributed by atoms with Gasteiger partial charge in [0.15, 0.2) is 5.96 Å². The summed E-state index contributed by atoms with van der Waals surface area (Å²) >= 11 is 0. The van der Waals surface area contributed by atoms with Crippen LogP contribution in [0.4, 0.5) is 0 Å². The Balaban J connectivity index is 2.27. The van der Waals surface area contributed by atoms with E-state index in [1.807, 2.05) is 13.8 Å². The molecule has 11 N–H and O–H groups in total. The van der Waals surface area contributed by atoms with Crippen LogP contribution in [0.25, 0.3) is 0 Å². The molecule has 1 aromatic carbocycles. The zero-order valence-electron chi connectivity index (χ0n) is 28.0. The fraction of sp³-hybridized carbons (Fsp3) is 0.625. The van der Waals surface area contributed by atoms with Gasteiger partial charge >= 0.3 is 5.97 Å². The quantitative estimate of drug-likeness (QED) is 0.0659. The second kappa shape index (κ2) is 17.5. The molecule has 0 radical (unpaired) electrons. The number of aromatic hydroxyl groups is 1. The van der Waals surface area contributed by atoms with Gasteiger partial charge in [0, 0.05) is 19.5 Å². The third-order valence-corrected chi connectivity index (χ3v) is 7.91. The predicted molar refractivity (Wildman–Crippen MR) is 176 cm³/mol. The molecule has 0 bridgehead atoms. The van der Waals surface area contributed by atoms with Crippen molar-refractivity contribution in [3.05, 3.63) is 29.8 Å². The molecule has 0 aliphatic carbocycles. The van der Waals surface area contributed by atoms with Gasteiger partial charge in [-0.3, -0.25) is 24.6 Å². The first-order valence-electron chi connectivity index (χ1n) is 16.0. The van der Waals surface area contributed by atoms with Crippen molar-refractivity contribution in [1.29, 1.82) is 5.41 Å². The first kappa shape index (κ1) is 38.8. The largest absolute Gasteiger partial charge is 0.508 e. The van der Waals surface area contributed by atoms with Crippen LogP contribution in [0.15, 0.2) is 24.3 Å². The number of nitrogens with one attached hydrogen (secondary N) is 5. The van der Waals surface area contributed by atoms with Crippen LogP contribution in [0.2, 0.25) is 0 Å². The van der Waals surface area contributed by atoms with Crippen molar-refractivity contribution in [3.63, 3.8) is 0 Å². The number of hydrogen-bond acceptors (Lipinski definition) is 8. The zero-order chi connectivity index (χ0) is 35.5. The van der Waals surface area contributed by atoms with Gasteiger partial charge in [0.05, 0.1) is 6.04 Å². The van der Waals surface area contributed by atoms with Crippen LogP contribution in [0.1, 0.15) is 72.3 Å². The highest BCUT2D eigenvalue weighted by Crippen LogP contribution is 2.22. The van der Waals surface area contributed by atoms with E-state index < -0.39 is 65.2 Å². The molecule has 1 aromatic rings. The van der Waals surface area contributed by atoms with Crippen LogP contribution in [0.3, 0.4) is 0 Å². The second-order valence-electron chi connectivity index (χ2n) is 13.5. The van der Waals surface area contributed by atoms with E-state index in [4.69, 9.17) is 16.9 Å². The molecule has 1 heterocycles. The normalized spacial score (nSPS) is 17.3. The maximum absolute atomic E-state index is 13.8. The molecule has 2 rings (SSSR count). The Morgan fingerprint density at radius 3 is 2.21 bits per heavy atom. The number of amides is 4. The van der Waals surface area contributed by atoms with E-state index in [-0.39, 0.29) is 30.5 Å². The van der Waals surface area contributed by atoms with Crippen molar-refractivity contribution in [1.82, 2.24) is 26.2 Å². The molecule has 0 aromatic heterocycles. The van der Waals surface area contributed by atoms with Crippen LogP contribution in [0, 0.1) is 16.7 Å². The van der Waals surface area contributed by atoms with E-state index in [2.05, 4.69) is 21.3 Å². The van der Waals surface area contributed by atoms with Crippen molar-refractivity contribution in [2.45, 2.75) is 103 Å². The lowest BCUT2D eigenvalue weighted by atomic mass is 9.85. The maximum atomic E-state index is 13.8. The topological polar surface area (TPSA) is 253 Å². The summed E-state index contributed by atoms with van der Waals surface area (Å²) in [4.78, 5) is 67.4. The maximum Gasteiger partial charge on any atom is 0.326 e. The SMILES string of the molecule is CC(C)C[C@H](NC(=O)[C@@H](NC(=O)[C@H](Cc1ccc(O)cc1)NC(=O)[C@@H]1CCCN1C(=O)[C@@H](N)CCCNC(=N)N)C(C)(C)C)C(=O)O.